The summed E-state index contributed by atoms with van der Waals surface area (Å²) < 4.78 is 5.10. The van der Waals surface area contributed by atoms with Crippen LogP contribution < -0.4 is 10.6 Å². The van der Waals surface area contributed by atoms with Crippen LogP contribution in [-0.4, -0.2) is 49.5 Å². The molecule has 1 heterocycles. The SMILES string of the molecule is O=C(NCCNC1COCC1O)C1CC1. The molecule has 1 saturated heterocycles. The molecule has 0 aromatic heterocycles. The highest BCUT2D eigenvalue weighted by atomic mass is 16.5. The first kappa shape index (κ1) is 10.9. The van der Waals surface area contributed by atoms with Crippen LogP contribution in [0.4, 0.5) is 0 Å². The number of carbonyl (C=O) groups is 1. The van der Waals surface area contributed by atoms with Crippen LogP contribution in [0.15, 0.2) is 0 Å². The maximum absolute atomic E-state index is 11.3. The Morgan fingerprint density at radius 1 is 1.33 bits per heavy atom. The van der Waals surface area contributed by atoms with E-state index >= 15 is 0 Å². The first-order chi connectivity index (χ1) is 7.27. The standard InChI is InChI=1S/C10H18N2O3/c13-9-6-15-5-8(9)11-3-4-12-10(14)7-1-2-7/h7-9,11,13H,1-6H2,(H,12,14). The number of aliphatic hydroxyl groups is 1. The van der Waals surface area contributed by atoms with Crippen molar-refractivity contribution in [1.29, 1.82) is 0 Å². The molecule has 2 fully saturated rings. The summed E-state index contributed by atoms with van der Waals surface area (Å²) in [5.41, 5.74) is 0. The molecule has 5 nitrogen and oxygen atoms in total. The number of nitrogens with one attached hydrogen (secondary N) is 2. The lowest BCUT2D eigenvalue weighted by molar-refractivity contribution is -0.122. The van der Waals surface area contributed by atoms with E-state index in [2.05, 4.69) is 10.6 Å². The van der Waals surface area contributed by atoms with E-state index in [1.807, 2.05) is 0 Å². The largest absolute Gasteiger partial charge is 0.389 e. The van der Waals surface area contributed by atoms with Crippen LogP contribution in [-0.2, 0) is 9.53 Å². The molecule has 0 spiro atoms. The predicted molar refractivity (Wildman–Crippen MR) is 54.4 cm³/mol. The molecule has 1 aliphatic heterocycles. The second-order valence-corrected chi connectivity index (χ2v) is 4.23. The molecule has 1 amide bonds. The third-order valence-electron chi connectivity index (χ3n) is 2.83. The van der Waals surface area contributed by atoms with Crippen LogP contribution in [0.5, 0.6) is 0 Å². The van der Waals surface area contributed by atoms with Crippen LogP contribution in [0.25, 0.3) is 0 Å². The molecule has 2 atom stereocenters. The van der Waals surface area contributed by atoms with Gasteiger partial charge in [-0.3, -0.25) is 4.79 Å². The summed E-state index contributed by atoms with van der Waals surface area (Å²) in [5.74, 6) is 0.436. The summed E-state index contributed by atoms with van der Waals surface area (Å²) >= 11 is 0. The Labute approximate surface area is 89.2 Å². The second kappa shape index (κ2) is 4.92. The molecule has 0 aromatic carbocycles. The van der Waals surface area contributed by atoms with E-state index in [9.17, 15) is 9.90 Å². The van der Waals surface area contributed by atoms with E-state index in [1.165, 1.54) is 0 Å². The normalized spacial score (nSPS) is 30.5. The van der Waals surface area contributed by atoms with Crippen LogP contribution in [0.2, 0.25) is 0 Å². The van der Waals surface area contributed by atoms with Crippen molar-refractivity contribution in [2.45, 2.75) is 25.0 Å². The van der Waals surface area contributed by atoms with E-state index in [0.29, 0.717) is 26.3 Å². The highest BCUT2D eigenvalue weighted by molar-refractivity contribution is 5.80. The molecular weight excluding hydrogens is 196 g/mol. The van der Waals surface area contributed by atoms with Gasteiger partial charge in [-0.25, -0.2) is 0 Å². The number of hydrogen-bond acceptors (Lipinski definition) is 4. The smallest absolute Gasteiger partial charge is 0.223 e. The van der Waals surface area contributed by atoms with Gasteiger partial charge in [-0.15, -0.1) is 0 Å². The van der Waals surface area contributed by atoms with Crippen LogP contribution >= 0.6 is 0 Å². The molecule has 0 bridgehead atoms. The van der Waals surface area contributed by atoms with Gasteiger partial charge in [0.05, 0.1) is 25.4 Å². The Kier molecular flexibility index (Phi) is 3.56. The van der Waals surface area contributed by atoms with Crippen molar-refractivity contribution in [2.75, 3.05) is 26.3 Å². The van der Waals surface area contributed by atoms with E-state index in [1.54, 1.807) is 0 Å². The lowest BCUT2D eigenvalue weighted by Gasteiger charge is -2.14. The topological polar surface area (TPSA) is 70.6 Å². The number of amides is 1. The maximum Gasteiger partial charge on any atom is 0.223 e. The Morgan fingerprint density at radius 3 is 2.73 bits per heavy atom. The van der Waals surface area contributed by atoms with Gasteiger partial charge in [0, 0.05) is 19.0 Å². The number of aliphatic hydroxyl groups excluding tert-OH is 1. The van der Waals surface area contributed by atoms with Gasteiger partial charge in [-0.05, 0) is 12.8 Å². The van der Waals surface area contributed by atoms with Crippen molar-refractivity contribution in [2.24, 2.45) is 5.92 Å². The van der Waals surface area contributed by atoms with Crippen molar-refractivity contribution in [3.05, 3.63) is 0 Å². The van der Waals surface area contributed by atoms with Gasteiger partial charge in [-0.1, -0.05) is 0 Å². The number of ether oxygens (including phenoxy) is 1. The van der Waals surface area contributed by atoms with E-state index in [0.717, 1.165) is 12.8 Å². The average molecular weight is 214 g/mol. The van der Waals surface area contributed by atoms with Gasteiger partial charge < -0.3 is 20.5 Å². The lowest BCUT2D eigenvalue weighted by Crippen LogP contribution is -2.43. The van der Waals surface area contributed by atoms with E-state index < -0.39 is 6.10 Å². The Balaban J connectivity index is 1.52. The molecule has 15 heavy (non-hydrogen) atoms. The summed E-state index contributed by atoms with van der Waals surface area (Å²) in [6, 6.07) is 0.0165. The third kappa shape index (κ3) is 3.15. The van der Waals surface area contributed by atoms with Crippen molar-refractivity contribution in [3.63, 3.8) is 0 Å². The molecule has 2 aliphatic rings. The zero-order chi connectivity index (χ0) is 10.7. The number of rotatable bonds is 5. The first-order valence-electron chi connectivity index (χ1n) is 5.54. The van der Waals surface area contributed by atoms with Crippen LogP contribution in [0.3, 0.4) is 0 Å². The van der Waals surface area contributed by atoms with Crippen molar-refractivity contribution < 1.29 is 14.6 Å². The lowest BCUT2D eigenvalue weighted by atomic mass is 10.2. The fourth-order valence-electron chi connectivity index (χ4n) is 1.67. The molecular formula is C10H18N2O3. The summed E-state index contributed by atoms with van der Waals surface area (Å²) in [6.07, 6.45) is 1.66. The quantitative estimate of drug-likeness (QED) is 0.506. The Morgan fingerprint density at radius 2 is 2.13 bits per heavy atom. The molecule has 3 N–H and O–H groups in total. The summed E-state index contributed by atoms with van der Waals surface area (Å²) in [6.45, 7) is 2.27. The Bertz CT molecular complexity index is 231. The first-order valence-corrected chi connectivity index (χ1v) is 5.54. The maximum atomic E-state index is 11.3. The van der Waals surface area contributed by atoms with E-state index in [4.69, 9.17) is 4.74 Å². The highest BCUT2D eigenvalue weighted by Crippen LogP contribution is 2.28. The number of carbonyl (C=O) groups excluding carboxylic acids is 1. The van der Waals surface area contributed by atoms with Crippen molar-refractivity contribution in [3.8, 4) is 0 Å². The molecule has 1 saturated carbocycles. The Hall–Kier alpha value is -0.650. The van der Waals surface area contributed by atoms with Gasteiger partial charge in [0.25, 0.3) is 0 Å². The number of hydrogen-bond donors (Lipinski definition) is 3. The van der Waals surface area contributed by atoms with Gasteiger partial charge in [0.1, 0.15) is 0 Å². The van der Waals surface area contributed by atoms with Gasteiger partial charge in [0.2, 0.25) is 5.91 Å². The monoisotopic (exact) mass is 214 g/mol. The van der Waals surface area contributed by atoms with Gasteiger partial charge in [0.15, 0.2) is 0 Å². The highest BCUT2D eigenvalue weighted by Gasteiger charge is 2.29. The third-order valence-corrected chi connectivity index (χ3v) is 2.83. The minimum Gasteiger partial charge on any atom is -0.389 e. The minimum atomic E-state index is -0.413. The van der Waals surface area contributed by atoms with Crippen LogP contribution in [0.1, 0.15) is 12.8 Å². The average Bonchev–Trinajstić information content (AvgIpc) is 2.99. The van der Waals surface area contributed by atoms with Crippen molar-refractivity contribution in [1.82, 2.24) is 10.6 Å². The molecule has 86 valence electrons. The molecule has 2 unspecified atom stereocenters. The van der Waals surface area contributed by atoms with E-state index in [-0.39, 0.29) is 17.9 Å². The predicted octanol–water partition coefficient (Wildman–Crippen LogP) is -1.14. The summed E-state index contributed by atoms with van der Waals surface area (Å²) in [5, 5.41) is 15.4. The van der Waals surface area contributed by atoms with Gasteiger partial charge >= 0.3 is 0 Å². The summed E-state index contributed by atoms with van der Waals surface area (Å²) in [4.78, 5) is 11.3. The molecule has 1 aliphatic carbocycles. The van der Waals surface area contributed by atoms with Gasteiger partial charge in [-0.2, -0.15) is 0 Å². The zero-order valence-electron chi connectivity index (χ0n) is 8.74. The second-order valence-electron chi connectivity index (χ2n) is 4.23. The molecule has 0 radical (unpaired) electrons. The summed E-state index contributed by atoms with van der Waals surface area (Å²) in [7, 11) is 0. The van der Waals surface area contributed by atoms with Crippen molar-refractivity contribution >= 4 is 5.91 Å². The fraction of sp³-hybridized carbons (Fsp3) is 0.900. The van der Waals surface area contributed by atoms with Crippen LogP contribution in [0, 0.1) is 5.92 Å². The minimum absolute atomic E-state index is 0.0165. The molecule has 0 aromatic rings. The fourth-order valence-corrected chi connectivity index (χ4v) is 1.67. The zero-order valence-corrected chi connectivity index (χ0v) is 8.74. The molecule has 2 rings (SSSR count). The molecule has 5 heteroatoms.